The van der Waals surface area contributed by atoms with Gasteiger partial charge in [0, 0.05) is 26.2 Å². The Morgan fingerprint density at radius 2 is 1.63 bits per heavy atom. The van der Waals surface area contributed by atoms with Crippen LogP contribution in [0.4, 0.5) is 23.7 Å². The number of rotatable bonds is 1. The number of piperidine rings is 1. The third kappa shape index (κ3) is 4.62. The van der Waals surface area contributed by atoms with Gasteiger partial charge in [0.05, 0.1) is 18.1 Å². The third-order valence-electron chi connectivity index (χ3n) is 5.17. The lowest BCUT2D eigenvalue weighted by Crippen LogP contribution is -2.46. The number of carbonyl (C=O) groups excluding carboxylic acids is 1. The first kappa shape index (κ1) is 19.7. The molecule has 1 amide bonds. The van der Waals surface area contributed by atoms with Crippen molar-refractivity contribution in [3.63, 3.8) is 0 Å². The molecule has 0 atom stereocenters. The van der Waals surface area contributed by atoms with E-state index >= 15 is 0 Å². The molecule has 0 bridgehead atoms. The van der Waals surface area contributed by atoms with Crippen molar-refractivity contribution in [1.29, 1.82) is 0 Å². The van der Waals surface area contributed by atoms with Gasteiger partial charge in [-0.1, -0.05) is 0 Å². The van der Waals surface area contributed by atoms with E-state index in [0.29, 0.717) is 18.8 Å². The summed E-state index contributed by atoms with van der Waals surface area (Å²) >= 11 is 0. The zero-order valence-corrected chi connectivity index (χ0v) is 15.8. The number of ether oxygens (including phenoxy) is 1. The minimum Gasteiger partial charge on any atom is -0.444 e. The third-order valence-corrected chi connectivity index (χ3v) is 5.17. The Hall–Kier alpha value is -2.06. The van der Waals surface area contributed by atoms with Crippen LogP contribution in [0.25, 0.3) is 0 Å². The summed E-state index contributed by atoms with van der Waals surface area (Å²) in [4.78, 5) is 22.9. The highest BCUT2D eigenvalue weighted by Crippen LogP contribution is 2.42. The molecule has 27 heavy (non-hydrogen) atoms. The molecule has 0 unspecified atom stereocenters. The van der Waals surface area contributed by atoms with E-state index in [0.717, 1.165) is 32.4 Å². The molecule has 1 aromatic heterocycles. The van der Waals surface area contributed by atoms with Gasteiger partial charge in [0.25, 0.3) is 0 Å². The summed E-state index contributed by atoms with van der Waals surface area (Å²) in [6.07, 6.45) is 0.308. The molecule has 2 fully saturated rings. The molecule has 3 rings (SSSR count). The predicted octanol–water partition coefficient (Wildman–Crippen LogP) is 3.72. The van der Waals surface area contributed by atoms with Gasteiger partial charge in [-0.25, -0.2) is 14.8 Å². The Morgan fingerprint density at radius 3 is 2.15 bits per heavy atom. The molecule has 1 aromatic rings. The second-order valence-electron chi connectivity index (χ2n) is 8.40. The number of likely N-dealkylation sites (tertiary alicyclic amines) is 1. The standard InChI is InChI=1S/C18H25F3N4O2/c1-16(2,3)27-15(26)24-7-4-17(5-8-24)6-9-25(12-17)13-10-22-14(23-11-13)18(19,20)21/h10-11H,4-9,12H2,1-3H3. The lowest BCUT2D eigenvalue weighted by Gasteiger charge is -2.39. The maximum Gasteiger partial charge on any atom is 0.451 e. The summed E-state index contributed by atoms with van der Waals surface area (Å²) in [5.41, 5.74) is 0.162. The predicted molar refractivity (Wildman–Crippen MR) is 93.3 cm³/mol. The first-order chi connectivity index (χ1) is 12.5. The smallest absolute Gasteiger partial charge is 0.444 e. The van der Waals surface area contributed by atoms with E-state index in [9.17, 15) is 18.0 Å². The van der Waals surface area contributed by atoms with Crippen LogP contribution >= 0.6 is 0 Å². The molecule has 6 nitrogen and oxygen atoms in total. The summed E-state index contributed by atoms with van der Waals surface area (Å²) < 4.78 is 43.2. The summed E-state index contributed by atoms with van der Waals surface area (Å²) in [7, 11) is 0. The molecule has 2 saturated heterocycles. The molecule has 0 N–H and O–H groups in total. The van der Waals surface area contributed by atoms with Crippen LogP contribution in [0.2, 0.25) is 0 Å². The molecule has 0 saturated carbocycles. The lowest BCUT2D eigenvalue weighted by atomic mass is 9.78. The average Bonchev–Trinajstić information content (AvgIpc) is 2.97. The van der Waals surface area contributed by atoms with Crippen molar-refractivity contribution in [2.45, 2.75) is 51.8 Å². The van der Waals surface area contributed by atoms with Crippen molar-refractivity contribution in [2.75, 3.05) is 31.1 Å². The minimum absolute atomic E-state index is 0.0706. The van der Waals surface area contributed by atoms with Gasteiger partial charge in [0.2, 0.25) is 5.82 Å². The van der Waals surface area contributed by atoms with Crippen molar-refractivity contribution in [3.8, 4) is 0 Å². The SMILES string of the molecule is CC(C)(C)OC(=O)N1CCC2(CC1)CCN(c1cnc(C(F)(F)F)nc1)C2. The molecule has 3 heterocycles. The highest BCUT2D eigenvalue weighted by molar-refractivity contribution is 5.68. The summed E-state index contributed by atoms with van der Waals surface area (Å²) in [6, 6.07) is 0. The maximum atomic E-state index is 12.6. The van der Waals surface area contributed by atoms with Gasteiger partial charge in [0.1, 0.15) is 5.60 Å². The lowest BCUT2D eigenvalue weighted by molar-refractivity contribution is -0.145. The topological polar surface area (TPSA) is 58.6 Å². The monoisotopic (exact) mass is 386 g/mol. The normalized spacial score (nSPS) is 20.2. The zero-order valence-electron chi connectivity index (χ0n) is 15.8. The number of aromatic nitrogens is 2. The van der Waals surface area contributed by atoms with Crippen LogP contribution < -0.4 is 4.90 Å². The van der Waals surface area contributed by atoms with Crippen molar-refractivity contribution in [1.82, 2.24) is 14.9 Å². The summed E-state index contributed by atoms with van der Waals surface area (Å²) in [5, 5.41) is 0. The van der Waals surface area contributed by atoms with Gasteiger partial charge in [0.15, 0.2) is 0 Å². The summed E-state index contributed by atoms with van der Waals surface area (Å²) in [5.74, 6) is -1.12. The van der Waals surface area contributed by atoms with Gasteiger partial charge < -0.3 is 14.5 Å². The second-order valence-corrected chi connectivity index (χ2v) is 8.40. The molecule has 2 aliphatic heterocycles. The van der Waals surface area contributed by atoms with Crippen molar-refractivity contribution in [3.05, 3.63) is 18.2 Å². The van der Waals surface area contributed by atoms with Crippen LogP contribution in [0.15, 0.2) is 12.4 Å². The van der Waals surface area contributed by atoms with E-state index < -0.39 is 17.6 Å². The number of amides is 1. The first-order valence-corrected chi connectivity index (χ1v) is 9.10. The first-order valence-electron chi connectivity index (χ1n) is 9.10. The maximum absolute atomic E-state index is 12.6. The van der Waals surface area contributed by atoms with Crippen LogP contribution in [0, 0.1) is 5.41 Å². The fourth-order valence-corrected chi connectivity index (χ4v) is 3.68. The number of anilines is 1. The van der Waals surface area contributed by atoms with Gasteiger partial charge >= 0.3 is 12.3 Å². The number of hydrogen-bond acceptors (Lipinski definition) is 5. The van der Waals surface area contributed by atoms with Crippen molar-refractivity contribution < 1.29 is 22.7 Å². The Balaban J connectivity index is 1.58. The molecule has 1 spiro atoms. The Bertz CT molecular complexity index is 677. The van der Waals surface area contributed by atoms with E-state index in [1.165, 1.54) is 12.4 Å². The molecular weight excluding hydrogens is 361 g/mol. The minimum atomic E-state index is -4.53. The second kappa shape index (κ2) is 6.83. The summed E-state index contributed by atoms with van der Waals surface area (Å²) in [6.45, 7) is 8.29. The van der Waals surface area contributed by atoms with E-state index in [2.05, 4.69) is 9.97 Å². The van der Waals surface area contributed by atoms with Crippen LogP contribution in [-0.4, -0.2) is 52.7 Å². The zero-order chi connectivity index (χ0) is 19.9. The number of hydrogen-bond donors (Lipinski definition) is 0. The molecule has 0 aliphatic carbocycles. The molecule has 0 aromatic carbocycles. The Morgan fingerprint density at radius 1 is 1.07 bits per heavy atom. The largest absolute Gasteiger partial charge is 0.451 e. The molecule has 2 aliphatic rings. The fourth-order valence-electron chi connectivity index (χ4n) is 3.68. The van der Waals surface area contributed by atoms with E-state index in [1.807, 2.05) is 25.7 Å². The van der Waals surface area contributed by atoms with Crippen LogP contribution in [-0.2, 0) is 10.9 Å². The van der Waals surface area contributed by atoms with Gasteiger partial charge in [-0.05, 0) is 45.4 Å². The van der Waals surface area contributed by atoms with E-state index in [4.69, 9.17) is 4.74 Å². The number of carbonyl (C=O) groups is 1. The average molecular weight is 386 g/mol. The van der Waals surface area contributed by atoms with Crippen molar-refractivity contribution in [2.24, 2.45) is 5.41 Å². The molecule has 150 valence electrons. The highest BCUT2D eigenvalue weighted by atomic mass is 19.4. The number of alkyl halides is 3. The van der Waals surface area contributed by atoms with Crippen molar-refractivity contribution >= 4 is 11.8 Å². The van der Waals surface area contributed by atoms with Crippen LogP contribution in [0.1, 0.15) is 45.9 Å². The van der Waals surface area contributed by atoms with Gasteiger partial charge in [-0.2, -0.15) is 13.2 Å². The van der Waals surface area contributed by atoms with Crippen LogP contribution in [0.5, 0.6) is 0 Å². The van der Waals surface area contributed by atoms with Gasteiger partial charge in [-0.15, -0.1) is 0 Å². The Kier molecular flexibility index (Phi) is 4.98. The van der Waals surface area contributed by atoms with E-state index in [1.54, 1.807) is 4.90 Å². The molecule has 9 heteroatoms. The number of halogens is 3. The fraction of sp³-hybridized carbons (Fsp3) is 0.722. The Labute approximate surface area is 156 Å². The quantitative estimate of drug-likeness (QED) is 0.736. The molecular formula is C18H25F3N4O2. The van der Waals surface area contributed by atoms with Gasteiger partial charge in [-0.3, -0.25) is 0 Å². The number of nitrogens with zero attached hydrogens (tertiary/aromatic N) is 4. The van der Waals surface area contributed by atoms with Crippen LogP contribution in [0.3, 0.4) is 0 Å². The molecule has 0 radical (unpaired) electrons. The highest BCUT2D eigenvalue weighted by Gasteiger charge is 2.42. The van der Waals surface area contributed by atoms with E-state index in [-0.39, 0.29) is 11.5 Å².